The predicted octanol–water partition coefficient (Wildman–Crippen LogP) is 5.84. The highest BCUT2D eigenvalue weighted by atomic mass is 32.1. The van der Waals surface area contributed by atoms with Gasteiger partial charge in [0.25, 0.3) is 5.95 Å². The zero-order valence-corrected chi connectivity index (χ0v) is 17.8. The van der Waals surface area contributed by atoms with E-state index in [0.717, 1.165) is 41.9 Å². The minimum atomic E-state index is -0.499. The molecular formula is C21H28N4O2S. The van der Waals surface area contributed by atoms with Crippen molar-refractivity contribution in [2.45, 2.75) is 53.4 Å². The van der Waals surface area contributed by atoms with E-state index in [1.165, 1.54) is 22.5 Å². The van der Waals surface area contributed by atoms with E-state index < -0.39 is 6.09 Å². The van der Waals surface area contributed by atoms with E-state index in [4.69, 9.17) is 4.74 Å². The lowest BCUT2D eigenvalue weighted by atomic mass is 10.0. The molecule has 0 aliphatic heterocycles. The van der Waals surface area contributed by atoms with Crippen LogP contribution in [0.3, 0.4) is 0 Å². The summed E-state index contributed by atoms with van der Waals surface area (Å²) in [6.07, 6.45) is 3.90. The summed E-state index contributed by atoms with van der Waals surface area (Å²) in [6, 6.07) is 6.33. The first-order valence-corrected chi connectivity index (χ1v) is 10.8. The number of unbranched alkanes of at least 4 members (excludes halogenated alkanes) is 1. The molecule has 0 aliphatic carbocycles. The van der Waals surface area contributed by atoms with Crippen molar-refractivity contribution in [2.75, 3.05) is 11.9 Å². The van der Waals surface area contributed by atoms with Gasteiger partial charge in [0.2, 0.25) is 4.96 Å². The first-order valence-electron chi connectivity index (χ1n) is 9.87. The number of hydrogen-bond donors (Lipinski definition) is 1. The summed E-state index contributed by atoms with van der Waals surface area (Å²) in [5.41, 5.74) is 4.48. The summed E-state index contributed by atoms with van der Waals surface area (Å²) in [7, 11) is 0. The molecule has 0 aliphatic rings. The minimum Gasteiger partial charge on any atom is -0.449 e. The molecule has 1 unspecified atom stereocenters. The Kier molecular flexibility index (Phi) is 6.67. The largest absolute Gasteiger partial charge is 0.449 e. The Morgan fingerprint density at radius 2 is 2.14 bits per heavy atom. The van der Waals surface area contributed by atoms with Gasteiger partial charge >= 0.3 is 6.09 Å². The third-order valence-electron chi connectivity index (χ3n) is 4.95. The predicted molar refractivity (Wildman–Crippen MR) is 114 cm³/mol. The Labute approximate surface area is 169 Å². The Bertz CT molecular complexity index is 947. The second-order valence-corrected chi connectivity index (χ2v) is 8.05. The average Bonchev–Trinajstić information content (AvgIpc) is 3.22. The maximum absolute atomic E-state index is 12.1. The zero-order chi connectivity index (χ0) is 20.1. The molecule has 0 saturated carbocycles. The van der Waals surface area contributed by atoms with Crippen molar-refractivity contribution in [2.24, 2.45) is 5.92 Å². The number of fused-ring (bicyclic) bond motifs is 1. The van der Waals surface area contributed by atoms with Crippen molar-refractivity contribution in [3.63, 3.8) is 0 Å². The maximum Gasteiger partial charge on any atom is 0.414 e. The lowest BCUT2D eigenvalue weighted by Crippen LogP contribution is -2.19. The average molecular weight is 401 g/mol. The molecule has 1 N–H and O–H groups in total. The second kappa shape index (κ2) is 9.19. The van der Waals surface area contributed by atoms with Crippen LogP contribution in [0.5, 0.6) is 0 Å². The van der Waals surface area contributed by atoms with Crippen LogP contribution in [0.1, 0.15) is 50.7 Å². The lowest BCUT2D eigenvalue weighted by Gasteiger charge is -2.14. The van der Waals surface area contributed by atoms with Crippen molar-refractivity contribution in [1.29, 1.82) is 0 Å². The Morgan fingerprint density at radius 1 is 1.32 bits per heavy atom. The third kappa shape index (κ3) is 4.70. The molecule has 0 bridgehead atoms. The number of nitrogens with zero attached hydrogens (tertiary/aromatic N) is 3. The fourth-order valence-electron chi connectivity index (χ4n) is 3.24. The Morgan fingerprint density at radius 3 is 2.86 bits per heavy atom. The molecule has 3 rings (SSSR count). The highest BCUT2D eigenvalue weighted by Gasteiger charge is 2.16. The summed E-state index contributed by atoms with van der Waals surface area (Å²) in [5.74, 6) is 0.671. The van der Waals surface area contributed by atoms with Gasteiger partial charge in [-0.25, -0.2) is 9.31 Å². The summed E-state index contributed by atoms with van der Waals surface area (Å²) < 4.78 is 7.15. The van der Waals surface area contributed by atoms with Crippen molar-refractivity contribution in [1.82, 2.24) is 14.6 Å². The maximum atomic E-state index is 12.1. The SMILES string of the molecule is CCCCC(CC)COC(=O)Nc1nc2scc(-c3ccc(C)cc3C)n2n1. The Hall–Kier alpha value is -2.41. The Balaban J connectivity index is 1.68. The van der Waals surface area contributed by atoms with Gasteiger partial charge < -0.3 is 4.74 Å². The number of thiazole rings is 1. The number of anilines is 1. The molecule has 0 fully saturated rings. The van der Waals surface area contributed by atoms with Crippen LogP contribution in [0, 0.1) is 19.8 Å². The highest BCUT2D eigenvalue weighted by molar-refractivity contribution is 7.15. The molecule has 6 nitrogen and oxygen atoms in total. The van der Waals surface area contributed by atoms with E-state index in [9.17, 15) is 4.79 Å². The van der Waals surface area contributed by atoms with Gasteiger partial charge in [-0.3, -0.25) is 5.32 Å². The van der Waals surface area contributed by atoms with E-state index in [2.05, 4.69) is 61.3 Å². The number of hydrogen-bond acceptors (Lipinski definition) is 5. The van der Waals surface area contributed by atoms with Crippen LogP contribution in [0.15, 0.2) is 23.6 Å². The van der Waals surface area contributed by atoms with Gasteiger partial charge in [-0.15, -0.1) is 16.4 Å². The molecule has 1 aromatic carbocycles. The van der Waals surface area contributed by atoms with Gasteiger partial charge in [-0.05, 0) is 31.7 Å². The number of carbonyl (C=O) groups excluding carboxylic acids is 1. The van der Waals surface area contributed by atoms with Crippen molar-refractivity contribution < 1.29 is 9.53 Å². The van der Waals surface area contributed by atoms with Crippen LogP contribution in [0.4, 0.5) is 10.7 Å². The van der Waals surface area contributed by atoms with Gasteiger partial charge in [0.15, 0.2) is 0 Å². The summed E-state index contributed by atoms with van der Waals surface area (Å²) >= 11 is 1.50. The molecule has 1 atom stereocenters. The van der Waals surface area contributed by atoms with Gasteiger partial charge in [0.1, 0.15) is 0 Å². The van der Waals surface area contributed by atoms with Gasteiger partial charge in [-0.2, -0.15) is 4.98 Å². The lowest BCUT2D eigenvalue weighted by molar-refractivity contribution is 0.136. The van der Waals surface area contributed by atoms with Crippen molar-refractivity contribution in [3.05, 3.63) is 34.7 Å². The van der Waals surface area contributed by atoms with Crippen LogP contribution in [-0.4, -0.2) is 27.3 Å². The summed E-state index contributed by atoms with van der Waals surface area (Å²) in [4.78, 5) is 17.3. The molecule has 0 saturated heterocycles. The van der Waals surface area contributed by atoms with E-state index >= 15 is 0 Å². The number of nitrogens with one attached hydrogen (secondary N) is 1. The van der Waals surface area contributed by atoms with Crippen LogP contribution in [-0.2, 0) is 4.74 Å². The van der Waals surface area contributed by atoms with E-state index in [1.807, 2.05) is 5.38 Å². The van der Waals surface area contributed by atoms with Gasteiger partial charge in [0.05, 0.1) is 12.3 Å². The molecule has 2 heterocycles. The number of ether oxygens (including phenoxy) is 1. The second-order valence-electron chi connectivity index (χ2n) is 7.21. The molecule has 150 valence electrons. The quantitative estimate of drug-likeness (QED) is 0.516. The minimum absolute atomic E-state index is 0.268. The van der Waals surface area contributed by atoms with Crippen LogP contribution < -0.4 is 5.32 Å². The number of aryl methyl sites for hydroxylation is 2. The van der Waals surface area contributed by atoms with Crippen molar-refractivity contribution in [3.8, 4) is 11.3 Å². The normalized spacial score (nSPS) is 12.3. The van der Waals surface area contributed by atoms with E-state index in [0.29, 0.717) is 12.5 Å². The first-order chi connectivity index (χ1) is 13.5. The molecule has 0 radical (unpaired) electrons. The number of benzene rings is 1. The number of carbonyl (C=O) groups is 1. The smallest absolute Gasteiger partial charge is 0.414 e. The summed E-state index contributed by atoms with van der Waals surface area (Å²) in [5, 5.41) is 9.15. The summed E-state index contributed by atoms with van der Waals surface area (Å²) in [6.45, 7) is 8.89. The molecule has 7 heteroatoms. The molecular weight excluding hydrogens is 372 g/mol. The van der Waals surface area contributed by atoms with E-state index in [-0.39, 0.29) is 5.95 Å². The zero-order valence-electron chi connectivity index (χ0n) is 17.0. The topological polar surface area (TPSA) is 68.5 Å². The number of amides is 1. The highest BCUT2D eigenvalue weighted by Crippen LogP contribution is 2.28. The monoisotopic (exact) mass is 400 g/mol. The molecule has 1 amide bonds. The molecule has 0 spiro atoms. The van der Waals surface area contributed by atoms with Crippen LogP contribution in [0.25, 0.3) is 16.2 Å². The standard InChI is InChI=1S/C21H28N4O2S/c1-5-7-8-16(6-2)12-27-21(26)23-19-22-20-25(24-19)18(13-28-20)17-10-9-14(3)11-15(17)4/h9-11,13,16H,5-8,12H2,1-4H3,(H,23,24,26). The van der Waals surface area contributed by atoms with Crippen molar-refractivity contribution >= 4 is 28.3 Å². The fraction of sp³-hybridized carbons (Fsp3) is 0.476. The molecule has 2 aromatic heterocycles. The van der Waals surface area contributed by atoms with Crippen LogP contribution in [0.2, 0.25) is 0 Å². The first kappa shape index (κ1) is 20.3. The molecule has 28 heavy (non-hydrogen) atoms. The number of rotatable bonds is 8. The third-order valence-corrected chi connectivity index (χ3v) is 5.76. The van der Waals surface area contributed by atoms with Gasteiger partial charge in [-0.1, -0.05) is 56.9 Å². The fourth-order valence-corrected chi connectivity index (χ4v) is 4.06. The van der Waals surface area contributed by atoms with Gasteiger partial charge in [0, 0.05) is 10.9 Å². The number of aromatic nitrogens is 3. The van der Waals surface area contributed by atoms with E-state index in [1.54, 1.807) is 4.52 Å². The van der Waals surface area contributed by atoms with Crippen LogP contribution >= 0.6 is 11.3 Å². The molecule has 3 aromatic rings.